The molecule has 1 aromatic carbocycles. The zero-order valence-corrected chi connectivity index (χ0v) is 17.8. The van der Waals surface area contributed by atoms with Crippen LogP contribution in [0.25, 0.3) is 0 Å². The van der Waals surface area contributed by atoms with Gasteiger partial charge in [0.2, 0.25) is 10.0 Å². The highest BCUT2D eigenvalue weighted by atomic mass is 32.2. The standard InChI is InChI=1S/C19H27N3O3S2/c1-5-22(6-2)27(24,25)17-9-7-8-15(12-17)19(23)20-13-18(21(3)4)16-10-11-26-14-16/h7-12,14,18H,5-6,13H2,1-4H3,(H,20,23). The molecule has 1 N–H and O–H groups in total. The van der Waals surface area contributed by atoms with E-state index in [-0.39, 0.29) is 16.8 Å². The molecule has 0 fully saturated rings. The van der Waals surface area contributed by atoms with Gasteiger partial charge in [-0.25, -0.2) is 8.42 Å². The minimum atomic E-state index is -3.59. The first kappa shape index (κ1) is 21.6. The van der Waals surface area contributed by atoms with Gasteiger partial charge < -0.3 is 10.2 Å². The summed E-state index contributed by atoms with van der Waals surface area (Å²) >= 11 is 1.62. The Hall–Kier alpha value is -1.74. The van der Waals surface area contributed by atoms with Crippen LogP contribution in [0.2, 0.25) is 0 Å². The van der Waals surface area contributed by atoms with Gasteiger partial charge >= 0.3 is 0 Å². The molecule has 8 heteroatoms. The quantitative estimate of drug-likeness (QED) is 0.691. The van der Waals surface area contributed by atoms with Gasteiger partial charge in [-0.15, -0.1) is 0 Å². The molecule has 0 saturated carbocycles. The summed E-state index contributed by atoms with van der Waals surface area (Å²) in [6.07, 6.45) is 0. The molecule has 0 aliphatic rings. The lowest BCUT2D eigenvalue weighted by Crippen LogP contribution is -2.34. The molecule has 0 bridgehead atoms. The average Bonchev–Trinajstić information content (AvgIpc) is 3.16. The van der Waals surface area contributed by atoms with Crippen molar-refractivity contribution in [2.24, 2.45) is 0 Å². The molecule has 0 aliphatic heterocycles. The molecule has 0 spiro atoms. The summed E-state index contributed by atoms with van der Waals surface area (Å²) in [5.74, 6) is -0.284. The molecule has 1 atom stereocenters. The first-order valence-corrected chi connectivity index (χ1v) is 11.3. The molecule has 0 radical (unpaired) electrons. The van der Waals surface area contributed by atoms with Gasteiger partial charge in [0.05, 0.1) is 10.9 Å². The van der Waals surface area contributed by atoms with Crippen LogP contribution in [0.5, 0.6) is 0 Å². The molecule has 0 aliphatic carbocycles. The van der Waals surface area contributed by atoms with E-state index in [0.29, 0.717) is 25.2 Å². The van der Waals surface area contributed by atoms with Crippen LogP contribution in [0.3, 0.4) is 0 Å². The fourth-order valence-electron chi connectivity index (χ4n) is 2.86. The lowest BCUT2D eigenvalue weighted by atomic mass is 10.1. The van der Waals surface area contributed by atoms with Crippen LogP contribution >= 0.6 is 11.3 Å². The van der Waals surface area contributed by atoms with E-state index in [0.717, 1.165) is 5.56 Å². The summed E-state index contributed by atoms with van der Waals surface area (Å²) < 4.78 is 26.7. The number of rotatable bonds is 9. The number of thiophene rings is 1. The van der Waals surface area contributed by atoms with Crippen LogP contribution in [-0.4, -0.2) is 57.3 Å². The third kappa shape index (κ3) is 5.16. The van der Waals surface area contributed by atoms with Crippen LogP contribution in [0.15, 0.2) is 46.0 Å². The van der Waals surface area contributed by atoms with Gasteiger partial charge in [0, 0.05) is 25.2 Å². The monoisotopic (exact) mass is 409 g/mol. The third-order valence-corrected chi connectivity index (χ3v) is 7.19. The van der Waals surface area contributed by atoms with Gasteiger partial charge in [-0.1, -0.05) is 19.9 Å². The summed E-state index contributed by atoms with van der Waals surface area (Å²) in [6.45, 7) is 4.81. The molecule has 1 amide bonds. The van der Waals surface area contributed by atoms with Gasteiger partial charge in [0.25, 0.3) is 5.91 Å². The number of sulfonamides is 1. The molecule has 148 valence electrons. The number of hydrogen-bond acceptors (Lipinski definition) is 5. The van der Waals surface area contributed by atoms with Crippen molar-refractivity contribution in [1.29, 1.82) is 0 Å². The molecule has 0 saturated heterocycles. The molecular weight excluding hydrogens is 382 g/mol. The third-order valence-electron chi connectivity index (χ3n) is 4.45. The number of nitrogens with zero attached hydrogens (tertiary/aromatic N) is 2. The molecule has 2 aromatic rings. The maximum Gasteiger partial charge on any atom is 0.251 e. The van der Waals surface area contributed by atoms with Crippen LogP contribution < -0.4 is 5.32 Å². The van der Waals surface area contributed by atoms with Gasteiger partial charge in [0.1, 0.15) is 0 Å². The summed E-state index contributed by atoms with van der Waals surface area (Å²) in [4.78, 5) is 14.8. The van der Waals surface area contributed by atoms with E-state index in [1.165, 1.54) is 16.4 Å². The van der Waals surface area contributed by atoms with Crippen molar-refractivity contribution in [3.8, 4) is 0 Å². The number of benzene rings is 1. The van der Waals surface area contributed by atoms with Crippen LogP contribution in [0, 0.1) is 0 Å². The first-order valence-electron chi connectivity index (χ1n) is 8.88. The molecule has 2 rings (SSSR count). The van der Waals surface area contributed by atoms with Crippen molar-refractivity contribution < 1.29 is 13.2 Å². The van der Waals surface area contributed by atoms with Gasteiger partial charge in [-0.2, -0.15) is 15.6 Å². The summed E-state index contributed by atoms with van der Waals surface area (Å²) in [5, 5.41) is 6.99. The minimum absolute atomic E-state index is 0.0581. The van der Waals surface area contributed by atoms with E-state index in [9.17, 15) is 13.2 Å². The highest BCUT2D eigenvalue weighted by molar-refractivity contribution is 7.89. The van der Waals surface area contributed by atoms with E-state index in [2.05, 4.69) is 10.7 Å². The van der Waals surface area contributed by atoms with E-state index < -0.39 is 10.0 Å². The van der Waals surface area contributed by atoms with E-state index in [1.54, 1.807) is 37.3 Å². The molecule has 27 heavy (non-hydrogen) atoms. The Morgan fingerprint density at radius 2 is 1.89 bits per heavy atom. The Bertz CT molecular complexity index is 845. The summed E-state index contributed by atoms with van der Waals surface area (Å²) in [6, 6.07) is 8.30. The maximum absolute atomic E-state index is 12.7. The number of carbonyl (C=O) groups is 1. The number of amides is 1. The van der Waals surface area contributed by atoms with Crippen LogP contribution in [0.1, 0.15) is 35.8 Å². The second-order valence-electron chi connectivity index (χ2n) is 6.36. The topological polar surface area (TPSA) is 69.7 Å². The second kappa shape index (κ2) is 9.45. The minimum Gasteiger partial charge on any atom is -0.350 e. The predicted octanol–water partition coefficient (Wildman–Crippen LogP) is 2.81. The highest BCUT2D eigenvalue weighted by Gasteiger charge is 2.23. The van der Waals surface area contributed by atoms with E-state index in [4.69, 9.17) is 0 Å². The number of hydrogen-bond donors (Lipinski definition) is 1. The maximum atomic E-state index is 12.7. The molecule has 6 nitrogen and oxygen atoms in total. The summed E-state index contributed by atoms with van der Waals surface area (Å²) in [7, 11) is 0.337. The van der Waals surface area contributed by atoms with Crippen molar-refractivity contribution in [3.05, 3.63) is 52.2 Å². The number of nitrogens with one attached hydrogen (secondary N) is 1. The average molecular weight is 410 g/mol. The first-order chi connectivity index (χ1) is 12.8. The van der Waals surface area contributed by atoms with Crippen molar-refractivity contribution in [2.45, 2.75) is 24.8 Å². The zero-order valence-electron chi connectivity index (χ0n) is 16.2. The van der Waals surface area contributed by atoms with Gasteiger partial charge in [0.15, 0.2) is 0 Å². The Morgan fingerprint density at radius 1 is 1.19 bits per heavy atom. The SMILES string of the molecule is CCN(CC)S(=O)(=O)c1cccc(C(=O)NCC(c2ccsc2)N(C)C)c1. The van der Waals surface area contributed by atoms with Gasteiger partial charge in [-0.05, 0) is 54.7 Å². The van der Waals surface area contributed by atoms with Crippen molar-refractivity contribution in [3.63, 3.8) is 0 Å². The Labute approximate surface area is 165 Å². The molecule has 1 heterocycles. The lowest BCUT2D eigenvalue weighted by Gasteiger charge is -2.24. The van der Waals surface area contributed by atoms with Gasteiger partial charge in [-0.3, -0.25) is 4.79 Å². The molecule has 1 unspecified atom stereocenters. The fourth-order valence-corrected chi connectivity index (χ4v) is 5.08. The molecule has 1 aromatic heterocycles. The highest BCUT2D eigenvalue weighted by Crippen LogP contribution is 2.21. The fraction of sp³-hybridized carbons (Fsp3) is 0.421. The Kier molecular flexibility index (Phi) is 7.55. The van der Waals surface area contributed by atoms with Crippen molar-refractivity contribution in [1.82, 2.24) is 14.5 Å². The largest absolute Gasteiger partial charge is 0.350 e. The second-order valence-corrected chi connectivity index (χ2v) is 9.08. The van der Waals surface area contributed by atoms with Crippen molar-refractivity contribution >= 4 is 27.3 Å². The normalized spacial score (nSPS) is 13.1. The number of carbonyl (C=O) groups excluding carboxylic acids is 1. The van der Waals surface area contributed by atoms with Crippen LogP contribution in [0.4, 0.5) is 0 Å². The summed E-state index contributed by atoms with van der Waals surface area (Å²) in [5.41, 5.74) is 1.48. The lowest BCUT2D eigenvalue weighted by molar-refractivity contribution is 0.0941. The Morgan fingerprint density at radius 3 is 2.44 bits per heavy atom. The van der Waals surface area contributed by atoms with E-state index in [1.807, 2.05) is 30.4 Å². The zero-order chi connectivity index (χ0) is 20.0. The number of likely N-dealkylation sites (N-methyl/N-ethyl adjacent to an activating group) is 1. The smallest absolute Gasteiger partial charge is 0.251 e. The van der Waals surface area contributed by atoms with E-state index >= 15 is 0 Å². The predicted molar refractivity (Wildman–Crippen MR) is 110 cm³/mol. The Balaban J connectivity index is 2.15. The van der Waals surface area contributed by atoms with Crippen molar-refractivity contribution in [2.75, 3.05) is 33.7 Å². The molecular formula is C19H27N3O3S2. The van der Waals surface area contributed by atoms with Crippen LogP contribution in [-0.2, 0) is 10.0 Å².